The summed E-state index contributed by atoms with van der Waals surface area (Å²) in [5.74, 6) is -0.720. The highest BCUT2D eigenvalue weighted by molar-refractivity contribution is 5.76. The van der Waals surface area contributed by atoms with Gasteiger partial charge in [-0.1, -0.05) is 0 Å². The van der Waals surface area contributed by atoms with Crippen molar-refractivity contribution in [2.45, 2.75) is 60.2 Å². The summed E-state index contributed by atoms with van der Waals surface area (Å²) >= 11 is 0. The summed E-state index contributed by atoms with van der Waals surface area (Å²) in [5.41, 5.74) is -1.32. The number of piperidine rings is 1. The molecule has 8 nitrogen and oxygen atoms in total. The molecule has 2 atom stereocenters. The first kappa shape index (κ1) is 24.2. The molecule has 0 radical (unpaired) electrons. The fourth-order valence-corrected chi connectivity index (χ4v) is 2.39. The van der Waals surface area contributed by atoms with Crippen molar-refractivity contribution >= 4 is 18.0 Å². The van der Waals surface area contributed by atoms with Gasteiger partial charge < -0.3 is 24.0 Å². The minimum Gasteiger partial charge on any atom is -0.460 e. The Morgan fingerprint density at radius 1 is 0.893 bits per heavy atom. The maximum atomic E-state index is 12.4. The van der Waals surface area contributed by atoms with Gasteiger partial charge in [-0.05, 0) is 55.6 Å². The van der Waals surface area contributed by atoms with Crippen LogP contribution in [0, 0.1) is 10.8 Å². The van der Waals surface area contributed by atoms with Crippen molar-refractivity contribution in [3.63, 3.8) is 0 Å². The molecular formula is C20H36N2O6. The molecule has 0 aromatic heterocycles. The van der Waals surface area contributed by atoms with E-state index in [4.69, 9.17) is 14.2 Å². The number of hydrogen-bond acceptors (Lipinski definition) is 7. The van der Waals surface area contributed by atoms with Crippen LogP contribution in [0.2, 0.25) is 0 Å². The molecule has 28 heavy (non-hydrogen) atoms. The number of ether oxygens (including phenoxy) is 3. The van der Waals surface area contributed by atoms with Crippen LogP contribution >= 0.6 is 0 Å². The van der Waals surface area contributed by atoms with E-state index in [0.717, 1.165) is 0 Å². The van der Waals surface area contributed by atoms with E-state index in [1.165, 1.54) is 4.90 Å². The lowest BCUT2D eigenvalue weighted by atomic mass is 9.96. The van der Waals surface area contributed by atoms with Gasteiger partial charge in [0.2, 0.25) is 0 Å². The van der Waals surface area contributed by atoms with E-state index in [1.807, 2.05) is 19.0 Å². The summed E-state index contributed by atoms with van der Waals surface area (Å²) in [4.78, 5) is 40.3. The maximum absolute atomic E-state index is 12.4. The van der Waals surface area contributed by atoms with Gasteiger partial charge in [-0.3, -0.25) is 9.59 Å². The molecule has 1 aliphatic rings. The Kier molecular flexibility index (Phi) is 8.29. The largest absolute Gasteiger partial charge is 0.460 e. The number of rotatable bonds is 5. The molecule has 0 spiro atoms. The Labute approximate surface area is 168 Å². The van der Waals surface area contributed by atoms with Crippen LogP contribution in [0.1, 0.15) is 48.0 Å². The first-order valence-corrected chi connectivity index (χ1v) is 9.68. The first-order chi connectivity index (χ1) is 12.7. The Bertz CT molecular complexity index is 526. The number of carbonyl (C=O) groups is 3. The summed E-state index contributed by atoms with van der Waals surface area (Å²) in [6.45, 7) is 11.9. The van der Waals surface area contributed by atoms with Crippen LogP contribution in [0.3, 0.4) is 0 Å². The van der Waals surface area contributed by atoms with E-state index in [-0.39, 0.29) is 31.6 Å². The standard InChI is InChI=1S/C20H36N2O6/c1-19(2,3)16(23)27-14-11-15(28-17(24)20(4,5)6)13-22(12-14)18(25)26-10-9-21(7)8/h14-15H,9-13H2,1-8H3/t14-,15+. The molecule has 0 saturated carbocycles. The quantitative estimate of drug-likeness (QED) is 0.517. The molecule has 162 valence electrons. The lowest BCUT2D eigenvalue weighted by Crippen LogP contribution is -2.52. The number of amides is 1. The molecule has 0 aromatic rings. The molecular weight excluding hydrogens is 364 g/mol. The van der Waals surface area contributed by atoms with Gasteiger partial charge in [-0.2, -0.15) is 0 Å². The number of hydrogen-bond donors (Lipinski definition) is 0. The topological polar surface area (TPSA) is 85.4 Å². The highest BCUT2D eigenvalue weighted by Crippen LogP contribution is 2.24. The highest BCUT2D eigenvalue weighted by Gasteiger charge is 2.38. The van der Waals surface area contributed by atoms with Crippen LogP contribution in [0.4, 0.5) is 4.79 Å². The fourth-order valence-electron chi connectivity index (χ4n) is 2.39. The zero-order valence-electron chi connectivity index (χ0n) is 18.5. The predicted molar refractivity (Wildman–Crippen MR) is 105 cm³/mol. The third-order valence-electron chi connectivity index (χ3n) is 4.17. The molecule has 0 N–H and O–H groups in total. The lowest BCUT2D eigenvalue weighted by molar-refractivity contribution is -0.171. The summed E-state index contributed by atoms with van der Waals surface area (Å²) in [7, 11) is 3.78. The minimum atomic E-state index is -0.661. The highest BCUT2D eigenvalue weighted by atomic mass is 16.6. The number of nitrogens with zero attached hydrogens (tertiary/aromatic N) is 2. The monoisotopic (exact) mass is 400 g/mol. The van der Waals surface area contributed by atoms with Gasteiger partial charge in [0.25, 0.3) is 0 Å². The first-order valence-electron chi connectivity index (χ1n) is 9.68. The molecule has 1 aliphatic heterocycles. The van der Waals surface area contributed by atoms with Crippen molar-refractivity contribution < 1.29 is 28.6 Å². The van der Waals surface area contributed by atoms with E-state index in [2.05, 4.69) is 0 Å². The normalized spacial score (nSPS) is 20.7. The van der Waals surface area contributed by atoms with E-state index < -0.39 is 29.1 Å². The Morgan fingerprint density at radius 3 is 1.68 bits per heavy atom. The van der Waals surface area contributed by atoms with Crippen molar-refractivity contribution in [1.82, 2.24) is 9.80 Å². The number of esters is 2. The molecule has 1 fully saturated rings. The Morgan fingerprint density at radius 2 is 1.32 bits per heavy atom. The second kappa shape index (κ2) is 9.58. The van der Waals surface area contributed by atoms with Gasteiger partial charge in [-0.15, -0.1) is 0 Å². The molecule has 1 rings (SSSR count). The second-order valence-corrected chi connectivity index (χ2v) is 9.61. The molecule has 0 aliphatic carbocycles. The van der Waals surface area contributed by atoms with Gasteiger partial charge in [0.05, 0.1) is 23.9 Å². The average molecular weight is 401 g/mol. The average Bonchev–Trinajstić information content (AvgIpc) is 2.52. The van der Waals surface area contributed by atoms with E-state index in [1.54, 1.807) is 41.5 Å². The summed E-state index contributed by atoms with van der Waals surface area (Å²) in [6.07, 6.45) is -1.26. The zero-order chi connectivity index (χ0) is 21.7. The fraction of sp³-hybridized carbons (Fsp3) is 0.850. The third kappa shape index (κ3) is 8.04. The van der Waals surface area contributed by atoms with Crippen molar-refractivity contribution in [1.29, 1.82) is 0 Å². The maximum Gasteiger partial charge on any atom is 0.410 e. The van der Waals surface area contributed by atoms with Crippen molar-refractivity contribution in [2.24, 2.45) is 10.8 Å². The van der Waals surface area contributed by atoms with Crippen LogP contribution in [-0.4, -0.2) is 80.4 Å². The van der Waals surface area contributed by atoms with E-state index in [9.17, 15) is 14.4 Å². The van der Waals surface area contributed by atoms with E-state index in [0.29, 0.717) is 13.0 Å². The molecule has 1 amide bonds. The Hall–Kier alpha value is -1.83. The van der Waals surface area contributed by atoms with Gasteiger partial charge in [0.15, 0.2) is 0 Å². The van der Waals surface area contributed by atoms with Crippen LogP contribution in [-0.2, 0) is 23.8 Å². The predicted octanol–water partition coefficient (Wildman–Crippen LogP) is 2.31. The van der Waals surface area contributed by atoms with E-state index >= 15 is 0 Å². The van der Waals surface area contributed by atoms with Crippen molar-refractivity contribution in [3.05, 3.63) is 0 Å². The van der Waals surface area contributed by atoms with Gasteiger partial charge >= 0.3 is 18.0 Å². The van der Waals surface area contributed by atoms with Crippen LogP contribution < -0.4 is 0 Å². The minimum absolute atomic E-state index is 0.214. The number of likely N-dealkylation sites (N-methyl/N-ethyl adjacent to an activating group) is 1. The Balaban J connectivity index is 2.83. The molecule has 8 heteroatoms. The van der Waals surface area contributed by atoms with Crippen molar-refractivity contribution in [2.75, 3.05) is 40.3 Å². The lowest BCUT2D eigenvalue weighted by Gasteiger charge is -2.37. The summed E-state index contributed by atoms with van der Waals surface area (Å²) < 4.78 is 16.5. The SMILES string of the molecule is CN(C)CCOC(=O)N1C[C@H](OC(=O)C(C)(C)C)C[C@H](OC(=O)C(C)(C)C)C1. The third-order valence-corrected chi connectivity index (χ3v) is 4.17. The van der Waals surface area contributed by atoms with Gasteiger partial charge in [-0.25, -0.2) is 4.79 Å². The number of carbonyl (C=O) groups excluding carboxylic acids is 3. The molecule has 0 unspecified atom stereocenters. The smallest absolute Gasteiger partial charge is 0.410 e. The molecule has 0 bridgehead atoms. The molecule has 0 aromatic carbocycles. The van der Waals surface area contributed by atoms with Gasteiger partial charge in [0.1, 0.15) is 18.8 Å². The van der Waals surface area contributed by atoms with Crippen LogP contribution in [0.5, 0.6) is 0 Å². The molecule has 1 saturated heterocycles. The van der Waals surface area contributed by atoms with Gasteiger partial charge in [0, 0.05) is 13.0 Å². The van der Waals surface area contributed by atoms with Crippen LogP contribution in [0.15, 0.2) is 0 Å². The zero-order valence-corrected chi connectivity index (χ0v) is 18.5. The second-order valence-electron chi connectivity index (χ2n) is 9.61. The molecule has 1 heterocycles. The van der Waals surface area contributed by atoms with Crippen molar-refractivity contribution in [3.8, 4) is 0 Å². The van der Waals surface area contributed by atoms with Crippen LogP contribution in [0.25, 0.3) is 0 Å². The summed E-state index contributed by atoms with van der Waals surface area (Å²) in [5, 5.41) is 0. The number of likely N-dealkylation sites (tertiary alicyclic amines) is 1. The summed E-state index contributed by atoms with van der Waals surface area (Å²) in [6, 6.07) is 0.